The summed E-state index contributed by atoms with van der Waals surface area (Å²) in [5.41, 5.74) is 0. The first-order valence-corrected chi connectivity index (χ1v) is 3.21. The van der Waals surface area contributed by atoms with E-state index < -0.39 is 0 Å². The zero-order chi connectivity index (χ0) is 5.11. The van der Waals surface area contributed by atoms with Crippen molar-refractivity contribution in [2.24, 2.45) is 0 Å². The average Bonchev–Trinajstić information content (AvgIpc) is 1.69. The molecule has 0 radical (unpaired) electrons. The molecule has 0 heterocycles. The zero-order valence-electron chi connectivity index (χ0n) is 5.04. The molecule has 0 spiro atoms. The van der Waals surface area contributed by atoms with Crippen molar-refractivity contribution in [3.05, 3.63) is 5.92 Å². The SMILES string of the molecule is C[C-]1CCCCC1. The maximum Gasteiger partial charge on any atom is -0.0581 e. The van der Waals surface area contributed by atoms with E-state index in [1.54, 1.807) is 5.92 Å². The first-order chi connectivity index (χ1) is 3.39. The highest BCUT2D eigenvalue weighted by Crippen LogP contribution is 2.23. The van der Waals surface area contributed by atoms with Crippen molar-refractivity contribution in [1.82, 2.24) is 0 Å². The van der Waals surface area contributed by atoms with E-state index in [0.29, 0.717) is 0 Å². The van der Waals surface area contributed by atoms with Crippen LogP contribution < -0.4 is 0 Å². The Morgan fingerprint density at radius 1 is 1.00 bits per heavy atom. The zero-order valence-corrected chi connectivity index (χ0v) is 5.04. The van der Waals surface area contributed by atoms with Crippen LogP contribution in [-0.4, -0.2) is 0 Å². The Morgan fingerprint density at radius 3 is 1.86 bits per heavy atom. The Kier molecular flexibility index (Phi) is 1.72. The maximum absolute atomic E-state index is 2.28. The molecule has 42 valence electrons. The summed E-state index contributed by atoms with van der Waals surface area (Å²) in [6, 6.07) is 0. The third-order valence-corrected chi connectivity index (χ3v) is 1.71. The van der Waals surface area contributed by atoms with Gasteiger partial charge in [0.05, 0.1) is 0 Å². The first kappa shape index (κ1) is 5.14. The van der Waals surface area contributed by atoms with E-state index in [2.05, 4.69) is 6.92 Å². The smallest absolute Gasteiger partial charge is 0.0581 e. The molecule has 0 aromatic carbocycles. The molecule has 0 nitrogen and oxygen atoms in total. The van der Waals surface area contributed by atoms with Crippen LogP contribution in [0.4, 0.5) is 0 Å². The van der Waals surface area contributed by atoms with Crippen molar-refractivity contribution in [3.8, 4) is 0 Å². The van der Waals surface area contributed by atoms with E-state index in [-0.39, 0.29) is 0 Å². The molecule has 0 atom stereocenters. The summed E-state index contributed by atoms with van der Waals surface area (Å²) in [6.45, 7) is 2.28. The van der Waals surface area contributed by atoms with Crippen LogP contribution in [0.3, 0.4) is 0 Å². The fraction of sp³-hybridized carbons (Fsp3) is 0.857. The van der Waals surface area contributed by atoms with Crippen molar-refractivity contribution in [3.63, 3.8) is 0 Å². The monoisotopic (exact) mass is 97.1 g/mol. The van der Waals surface area contributed by atoms with Crippen molar-refractivity contribution in [2.75, 3.05) is 0 Å². The normalized spacial score (nSPS) is 25.3. The van der Waals surface area contributed by atoms with Crippen molar-refractivity contribution >= 4 is 0 Å². The summed E-state index contributed by atoms with van der Waals surface area (Å²) < 4.78 is 0. The Labute approximate surface area is 45.9 Å². The topological polar surface area (TPSA) is 0 Å². The minimum atomic E-state index is 1.40. The average molecular weight is 97.2 g/mol. The van der Waals surface area contributed by atoms with E-state index >= 15 is 0 Å². The molecule has 0 bridgehead atoms. The van der Waals surface area contributed by atoms with Crippen LogP contribution >= 0.6 is 0 Å². The third kappa shape index (κ3) is 1.50. The minimum absolute atomic E-state index is 1.40. The molecule has 0 aromatic rings. The van der Waals surface area contributed by atoms with Crippen LogP contribution in [0.15, 0.2) is 0 Å². The van der Waals surface area contributed by atoms with Gasteiger partial charge < -0.3 is 5.92 Å². The molecule has 1 aliphatic rings. The summed E-state index contributed by atoms with van der Waals surface area (Å²) in [6.07, 6.45) is 7.18. The molecule has 0 saturated heterocycles. The van der Waals surface area contributed by atoms with Gasteiger partial charge in [-0.15, -0.1) is 0 Å². The molecule has 0 aliphatic heterocycles. The van der Waals surface area contributed by atoms with Gasteiger partial charge in [0.15, 0.2) is 0 Å². The van der Waals surface area contributed by atoms with Gasteiger partial charge in [-0.1, -0.05) is 19.3 Å². The Morgan fingerprint density at radius 2 is 1.57 bits per heavy atom. The van der Waals surface area contributed by atoms with E-state index in [0.717, 1.165) is 0 Å². The summed E-state index contributed by atoms with van der Waals surface area (Å²) in [7, 11) is 0. The summed E-state index contributed by atoms with van der Waals surface area (Å²) in [5.74, 6) is 1.71. The minimum Gasteiger partial charge on any atom is -0.317 e. The van der Waals surface area contributed by atoms with Gasteiger partial charge >= 0.3 is 0 Å². The fourth-order valence-electron chi connectivity index (χ4n) is 1.16. The molecular weight excluding hydrogens is 84.1 g/mol. The molecule has 1 fully saturated rings. The molecule has 0 aromatic heterocycles. The number of rotatable bonds is 0. The van der Waals surface area contributed by atoms with Gasteiger partial charge in [0.25, 0.3) is 0 Å². The second-order valence-corrected chi connectivity index (χ2v) is 2.52. The highest BCUT2D eigenvalue weighted by Gasteiger charge is 1.94. The third-order valence-electron chi connectivity index (χ3n) is 1.71. The van der Waals surface area contributed by atoms with Crippen molar-refractivity contribution in [1.29, 1.82) is 0 Å². The highest BCUT2D eigenvalue weighted by atomic mass is 14.1. The maximum atomic E-state index is 2.28. The van der Waals surface area contributed by atoms with Crippen LogP contribution in [0, 0.1) is 5.92 Å². The van der Waals surface area contributed by atoms with Crippen molar-refractivity contribution < 1.29 is 0 Å². The molecule has 0 N–H and O–H groups in total. The molecule has 0 unspecified atom stereocenters. The van der Waals surface area contributed by atoms with Gasteiger partial charge in [0.2, 0.25) is 0 Å². The fourth-order valence-corrected chi connectivity index (χ4v) is 1.16. The van der Waals surface area contributed by atoms with Crippen LogP contribution in [-0.2, 0) is 0 Å². The largest absolute Gasteiger partial charge is 0.317 e. The summed E-state index contributed by atoms with van der Waals surface area (Å²) in [5, 5.41) is 0. The molecule has 1 aliphatic carbocycles. The van der Waals surface area contributed by atoms with E-state index in [4.69, 9.17) is 0 Å². The Bertz CT molecular complexity index is 42.0. The quantitative estimate of drug-likeness (QED) is 0.407. The van der Waals surface area contributed by atoms with E-state index in [9.17, 15) is 0 Å². The molecular formula is C7H13-. The van der Waals surface area contributed by atoms with E-state index in [1.165, 1.54) is 32.1 Å². The van der Waals surface area contributed by atoms with Crippen LogP contribution in [0.25, 0.3) is 0 Å². The van der Waals surface area contributed by atoms with Crippen molar-refractivity contribution in [2.45, 2.75) is 39.0 Å². The summed E-state index contributed by atoms with van der Waals surface area (Å²) in [4.78, 5) is 0. The molecule has 1 rings (SSSR count). The molecule has 0 amide bonds. The highest BCUT2D eigenvalue weighted by molar-refractivity contribution is 4.86. The van der Waals surface area contributed by atoms with Crippen LogP contribution in [0.5, 0.6) is 0 Å². The predicted molar refractivity (Wildman–Crippen MR) is 32.0 cm³/mol. The predicted octanol–water partition coefficient (Wildman–Crippen LogP) is 2.54. The molecule has 0 heteroatoms. The summed E-state index contributed by atoms with van der Waals surface area (Å²) >= 11 is 0. The Hall–Kier alpha value is 0. The van der Waals surface area contributed by atoms with Gasteiger partial charge in [-0.05, 0) is 0 Å². The Balaban J connectivity index is 2.12. The van der Waals surface area contributed by atoms with E-state index in [1.807, 2.05) is 0 Å². The van der Waals surface area contributed by atoms with Crippen LogP contribution in [0.2, 0.25) is 0 Å². The molecule has 7 heavy (non-hydrogen) atoms. The van der Waals surface area contributed by atoms with Gasteiger partial charge in [-0.2, -0.15) is 19.8 Å². The lowest BCUT2D eigenvalue weighted by atomic mass is 9.91. The molecule has 1 saturated carbocycles. The lowest BCUT2D eigenvalue weighted by molar-refractivity contribution is 0.539. The number of hydrogen-bond acceptors (Lipinski definition) is 0. The number of hydrogen-bond donors (Lipinski definition) is 0. The first-order valence-electron chi connectivity index (χ1n) is 3.21. The van der Waals surface area contributed by atoms with Gasteiger partial charge in [0, 0.05) is 0 Å². The lowest BCUT2D eigenvalue weighted by Gasteiger charge is -2.28. The van der Waals surface area contributed by atoms with Gasteiger partial charge in [-0.25, -0.2) is 0 Å². The van der Waals surface area contributed by atoms with Gasteiger partial charge in [-0.3, -0.25) is 0 Å². The van der Waals surface area contributed by atoms with Crippen LogP contribution in [0.1, 0.15) is 39.0 Å². The standard InChI is InChI=1S/C7H13/c1-7-5-3-2-4-6-7/h2-6H2,1H3/q-1. The lowest BCUT2D eigenvalue weighted by Crippen LogP contribution is -1.97. The van der Waals surface area contributed by atoms with Gasteiger partial charge in [0.1, 0.15) is 0 Å². The second kappa shape index (κ2) is 2.34. The second-order valence-electron chi connectivity index (χ2n) is 2.52.